The van der Waals surface area contributed by atoms with Crippen LogP contribution >= 0.6 is 15.9 Å². The van der Waals surface area contributed by atoms with E-state index in [0.29, 0.717) is 22.8 Å². The monoisotopic (exact) mass is 481 g/mol. The molecule has 0 fully saturated rings. The number of aromatic nitrogens is 1. The van der Waals surface area contributed by atoms with Crippen molar-refractivity contribution in [3.8, 4) is 11.4 Å². The van der Waals surface area contributed by atoms with E-state index >= 15 is 0 Å². The Labute approximate surface area is 161 Å². The number of rotatable bonds is 2. The summed E-state index contributed by atoms with van der Waals surface area (Å²) in [7, 11) is -5.83. The van der Waals surface area contributed by atoms with E-state index in [9.17, 15) is 41.1 Å². The fraction of sp³-hybridized carbons (Fsp3) is 0.0714. The second-order valence-corrected chi connectivity index (χ2v) is 8.29. The summed E-state index contributed by atoms with van der Waals surface area (Å²) in [6.07, 6.45) is 0. The molecule has 2 amide bonds. The molecule has 9 nitrogen and oxygen atoms in total. The van der Waals surface area contributed by atoms with Crippen LogP contribution < -0.4 is 16.6 Å². The van der Waals surface area contributed by atoms with E-state index in [1.807, 2.05) is 5.32 Å². The molecule has 0 spiro atoms. The van der Waals surface area contributed by atoms with E-state index in [4.69, 9.17) is 5.73 Å². The largest absolute Gasteiger partial charge is 0.505 e. The quantitative estimate of drug-likeness (QED) is 0.543. The summed E-state index contributed by atoms with van der Waals surface area (Å²) in [6, 6.07) is 1.55. The average Bonchev–Trinajstić information content (AvgIpc) is 2.84. The molecule has 2 aromatic rings. The van der Waals surface area contributed by atoms with Crippen LogP contribution in [0, 0.1) is 0 Å². The number of amides is 2. The summed E-state index contributed by atoms with van der Waals surface area (Å²) < 4.78 is 61.9. The molecule has 1 aromatic carbocycles. The molecule has 28 heavy (non-hydrogen) atoms. The van der Waals surface area contributed by atoms with Crippen LogP contribution in [0.25, 0.3) is 5.69 Å². The van der Waals surface area contributed by atoms with E-state index in [1.165, 1.54) is 0 Å². The fourth-order valence-corrected chi connectivity index (χ4v) is 3.96. The molecule has 1 aliphatic heterocycles. The average molecular weight is 482 g/mol. The van der Waals surface area contributed by atoms with Gasteiger partial charge in [-0.25, -0.2) is 8.42 Å². The lowest BCUT2D eigenvalue weighted by atomic mass is 10.1. The van der Waals surface area contributed by atoms with Crippen molar-refractivity contribution in [3.63, 3.8) is 0 Å². The number of pyridine rings is 1. The molecule has 148 valence electrons. The number of hydrogen-bond acceptors (Lipinski definition) is 7. The molecule has 0 aliphatic carbocycles. The first-order valence-corrected chi connectivity index (χ1v) is 9.30. The zero-order valence-corrected chi connectivity index (χ0v) is 15.6. The van der Waals surface area contributed by atoms with Crippen molar-refractivity contribution in [3.05, 3.63) is 44.2 Å². The zero-order chi connectivity index (χ0) is 21.2. The number of anilines is 1. The van der Waals surface area contributed by atoms with Gasteiger partial charge in [0.25, 0.3) is 27.2 Å². The molecular weight excluding hydrogens is 475 g/mol. The van der Waals surface area contributed by atoms with Crippen molar-refractivity contribution in [2.24, 2.45) is 0 Å². The Kier molecular flexibility index (Phi) is 4.31. The molecule has 4 N–H and O–H groups in total. The summed E-state index contributed by atoms with van der Waals surface area (Å²) in [6.45, 7) is 0. The van der Waals surface area contributed by atoms with E-state index in [-0.39, 0.29) is 5.56 Å². The first kappa shape index (κ1) is 19.9. The summed E-state index contributed by atoms with van der Waals surface area (Å²) in [4.78, 5) is 34.6. The molecule has 0 unspecified atom stereocenters. The number of hydrogen-bond donors (Lipinski definition) is 3. The Morgan fingerprint density at radius 1 is 1.11 bits per heavy atom. The maximum atomic E-state index is 12.9. The smallest absolute Gasteiger partial charge is 0.501 e. The molecule has 1 aromatic heterocycles. The SMILES string of the molecule is Nc1c2c(cc(=O)n1-c1cc(S(=O)(=O)C(F)(F)F)cc(Br)c1O)C(=O)NC2=O. The lowest BCUT2D eigenvalue weighted by Crippen LogP contribution is -2.26. The Morgan fingerprint density at radius 2 is 1.71 bits per heavy atom. The third-order valence-corrected chi connectivity index (χ3v) is 5.90. The number of nitrogens with two attached hydrogens (primary N) is 1. The number of halogens is 4. The number of carbonyl (C=O) groups excluding carboxylic acids is 2. The maximum Gasteiger partial charge on any atom is 0.501 e. The van der Waals surface area contributed by atoms with Gasteiger partial charge in [0.15, 0.2) is 5.75 Å². The van der Waals surface area contributed by atoms with Crippen molar-refractivity contribution < 1.29 is 36.3 Å². The number of alkyl halides is 3. The van der Waals surface area contributed by atoms with Gasteiger partial charge in [-0.1, -0.05) is 0 Å². The molecule has 0 radical (unpaired) electrons. The van der Waals surface area contributed by atoms with E-state index in [0.717, 1.165) is 0 Å². The van der Waals surface area contributed by atoms with Crippen LogP contribution in [0.3, 0.4) is 0 Å². The molecule has 0 saturated heterocycles. The fourth-order valence-electron chi connectivity index (χ4n) is 2.55. The molecule has 0 saturated carbocycles. The lowest BCUT2D eigenvalue weighted by Gasteiger charge is -2.16. The summed E-state index contributed by atoms with van der Waals surface area (Å²) in [5.41, 5.74) is -2.55. The zero-order valence-electron chi connectivity index (χ0n) is 13.2. The number of carbonyl (C=O) groups is 2. The molecule has 3 rings (SSSR count). The minimum atomic E-state index is -5.83. The number of nitrogens with one attached hydrogen (secondary N) is 1. The minimum absolute atomic E-state index is 0.360. The normalized spacial score (nSPS) is 14.1. The number of phenols is 1. The van der Waals surface area contributed by atoms with Crippen LogP contribution in [0.1, 0.15) is 20.7 Å². The van der Waals surface area contributed by atoms with Crippen LogP contribution in [0.15, 0.2) is 32.4 Å². The standard InChI is InChI=1S/C14H7BrF3N3O6S/c15-6-1-4(28(26,27)14(16,17)18)2-7(10(6)23)21-8(22)3-5-9(11(21)19)13(25)20-12(5)24/h1-3,23H,19H2,(H,20,24,25). The van der Waals surface area contributed by atoms with Gasteiger partial charge in [0.2, 0.25) is 0 Å². The number of nitrogens with zero attached hydrogens (tertiary/aromatic N) is 1. The van der Waals surface area contributed by atoms with Gasteiger partial charge in [0.1, 0.15) is 5.82 Å². The maximum absolute atomic E-state index is 12.9. The van der Waals surface area contributed by atoms with Crippen LogP contribution in [0.4, 0.5) is 19.0 Å². The highest BCUT2D eigenvalue weighted by atomic mass is 79.9. The third kappa shape index (κ3) is 2.75. The predicted molar refractivity (Wildman–Crippen MR) is 90.9 cm³/mol. The Morgan fingerprint density at radius 3 is 2.29 bits per heavy atom. The molecule has 14 heteroatoms. The highest BCUT2D eigenvalue weighted by molar-refractivity contribution is 9.10. The van der Waals surface area contributed by atoms with Crippen LogP contribution in [0.2, 0.25) is 0 Å². The van der Waals surface area contributed by atoms with E-state index < -0.39 is 64.9 Å². The van der Waals surface area contributed by atoms with Crippen molar-refractivity contribution in [1.29, 1.82) is 0 Å². The van der Waals surface area contributed by atoms with Crippen molar-refractivity contribution >= 4 is 43.4 Å². The van der Waals surface area contributed by atoms with E-state index in [2.05, 4.69) is 15.9 Å². The van der Waals surface area contributed by atoms with Gasteiger partial charge >= 0.3 is 5.51 Å². The third-order valence-electron chi connectivity index (χ3n) is 3.83. The van der Waals surface area contributed by atoms with Gasteiger partial charge < -0.3 is 10.8 Å². The number of phenolic OH excluding ortho intramolecular Hbond substituents is 1. The van der Waals surface area contributed by atoms with Crippen LogP contribution in [0.5, 0.6) is 5.75 Å². The Hall–Kier alpha value is -2.87. The van der Waals surface area contributed by atoms with Crippen LogP contribution in [-0.4, -0.2) is 35.4 Å². The molecular formula is C14H7BrF3N3O6S. The second-order valence-electron chi connectivity index (χ2n) is 5.50. The molecule has 0 bridgehead atoms. The number of imide groups is 1. The number of aromatic hydroxyl groups is 1. The highest BCUT2D eigenvalue weighted by Crippen LogP contribution is 2.39. The van der Waals surface area contributed by atoms with Crippen molar-refractivity contribution in [2.75, 3.05) is 5.73 Å². The lowest BCUT2D eigenvalue weighted by molar-refractivity contribution is -0.0436. The van der Waals surface area contributed by atoms with Gasteiger partial charge in [-0.2, -0.15) is 13.2 Å². The number of fused-ring (bicyclic) bond motifs is 1. The molecule has 1 aliphatic rings. The molecule has 2 heterocycles. The second kappa shape index (κ2) is 6.07. The number of benzene rings is 1. The van der Waals surface area contributed by atoms with Gasteiger partial charge in [-0.3, -0.25) is 24.3 Å². The summed E-state index contributed by atoms with van der Waals surface area (Å²) in [5.74, 6) is -3.37. The summed E-state index contributed by atoms with van der Waals surface area (Å²) >= 11 is 2.71. The van der Waals surface area contributed by atoms with Gasteiger partial charge in [-0.05, 0) is 28.1 Å². The van der Waals surface area contributed by atoms with Gasteiger partial charge in [0.05, 0.1) is 26.2 Å². The highest BCUT2D eigenvalue weighted by Gasteiger charge is 2.47. The van der Waals surface area contributed by atoms with Crippen LogP contribution in [-0.2, 0) is 9.84 Å². The first-order valence-electron chi connectivity index (χ1n) is 7.03. The first-order chi connectivity index (χ1) is 12.8. The van der Waals surface area contributed by atoms with E-state index in [1.54, 1.807) is 0 Å². The molecule has 0 atom stereocenters. The van der Waals surface area contributed by atoms with Gasteiger partial charge in [-0.15, -0.1) is 0 Å². The predicted octanol–water partition coefficient (Wildman–Crippen LogP) is 1.06. The van der Waals surface area contributed by atoms with Gasteiger partial charge in [0, 0.05) is 6.07 Å². The van der Waals surface area contributed by atoms with Crippen molar-refractivity contribution in [1.82, 2.24) is 9.88 Å². The van der Waals surface area contributed by atoms with Crippen molar-refractivity contribution in [2.45, 2.75) is 10.4 Å². The number of nitrogen functional groups attached to an aromatic ring is 1. The topological polar surface area (TPSA) is 149 Å². The Balaban J connectivity index is 2.39. The summed E-state index contributed by atoms with van der Waals surface area (Å²) in [5, 5.41) is 12.0. The number of sulfone groups is 1. The Bertz CT molecular complexity index is 1240. The minimum Gasteiger partial charge on any atom is -0.505 e.